The van der Waals surface area contributed by atoms with Crippen LogP contribution in [0.3, 0.4) is 0 Å². The Morgan fingerprint density at radius 3 is 2.55 bits per heavy atom. The molecule has 3 nitrogen and oxygen atoms in total. The van der Waals surface area contributed by atoms with Crippen molar-refractivity contribution in [3.05, 3.63) is 22.1 Å². The quantitative estimate of drug-likeness (QED) is 0.865. The molecule has 20 heavy (non-hydrogen) atoms. The molecular weight excluding hydrogens is 248 g/mol. The fraction of sp³-hybridized carbons (Fsp3) is 0.824. The van der Waals surface area contributed by atoms with E-state index >= 15 is 0 Å². The Bertz CT molecular complexity index is 475. The summed E-state index contributed by atoms with van der Waals surface area (Å²) in [6.45, 7) is 2.20. The third-order valence-corrected chi connectivity index (χ3v) is 5.59. The summed E-state index contributed by atoms with van der Waals surface area (Å²) in [5.41, 5.74) is 1.32. The number of H-pyrrole nitrogens is 1. The van der Waals surface area contributed by atoms with E-state index in [4.69, 9.17) is 0 Å². The Kier molecular flexibility index (Phi) is 4.32. The van der Waals surface area contributed by atoms with E-state index in [1.54, 1.807) is 0 Å². The molecule has 2 aliphatic rings. The molecular formula is C17H28N2O. The van der Waals surface area contributed by atoms with Crippen LogP contribution in [0.15, 0.2) is 10.9 Å². The summed E-state index contributed by atoms with van der Waals surface area (Å²) in [4.78, 5) is 12.2. The van der Waals surface area contributed by atoms with Gasteiger partial charge in [0.15, 0.2) is 0 Å². The highest BCUT2D eigenvalue weighted by molar-refractivity contribution is 5.01. The monoisotopic (exact) mass is 276 g/mol. The summed E-state index contributed by atoms with van der Waals surface area (Å²) in [6, 6.07) is 2.17. The summed E-state index contributed by atoms with van der Waals surface area (Å²) in [5.74, 6) is 1.59. The molecule has 0 amide bonds. The maximum absolute atomic E-state index is 12.2. The molecule has 2 fully saturated rings. The topological polar surface area (TPSA) is 37.8 Å². The number of aromatic amines is 1. The van der Waals surface area contributed by atoms with Crippen molar-refractivity contribution in [3.8, 4) is 0 Å². The molecule has 0 saturated heterocycles. The van der Waals surface area contributed by atoms with E-state index in [1.807, 2.05) is 10.7 Å². The van der Waals surface area contributed by atoms with Gasteiger partial charge < -0.3 is 0 Å². The van der Waals surface area contributed by atoms with E-state index in [1.165, 1.54) is 57.8 Å². The van der Waals surface area contributed by atoms with Gasteiger partial charge in [0.2, 0.25) is 0 Å². The third-order valence-electron chi connectivity index (χ3n) is 5.59. The van der Waals surface area contributed by atoms with Crippen LogP contribution in [0, 0.1) is 11.8 Å². The van der Waals surface area contributed by atoms with E-state index in [0.717, 1.165) is 18.0 Å². The Morgan fingerprint density at radius 2 is 1.85 bits per heavy atom. The van der Waals surface area contributed by atoms with Crippen molar-refractivity contribution < 1.29 is 0 Å². The molecule has 1 atom stereocenters. The van der Waals surface area contributed by atoms with Crippen molar-refractivity contribution in [3.63, 3.8) is 0 Å². The first-order valence-corrected chi connectivity index (χ1v) is 8.54. The zero-order valence-corrected chi connectivity index (χ0v) is 12.7. The Labute approximate surface area is 121 Å². The van der Waals surface area contributed by atoms with E-state index in [2.05, 4.69) is 12.0 Å². The lowest BCUT2D eigenvalue weighted by molar-refractivity contribution is 0.326. The van der Waals surface area contributed by atoms with Gasteiger partial charge in [-0.2, -0.15) is 0 Å². The molecule has 3 rings (SSSR count). The number of aryl methyl sites for hydroxylation is 1. The smallest absolute Gasteiger partial charge is 0.266 e. The highest BCUT2D eigenvalue weighted by atomic mass is 16.1. The summed E-state index contributed by atoms with van der Waals surface area (Å²) >= 11 is 0. The lowest BCUT2D eigenvalue weighted by atomic mass is 10.0. The summed E-state index contributed by atoms with van der Waals surface area (Å²) < 4.78 is 1.89. The Morgan fingerprint density at radius 1 is 1.20 bits per heavy atom. The lowest BCUT2D eigenvalue weighted by Gasteiger charge is -2.19. The molecule has 1 N–H and O–H groups in total. The van der Waals surface area contributed by atoms with Crippen molar-refractivity contribution in [1.82, 2.24) is 9.78 Å². The van der Waals surface area contributed by atoms with Crippen LogP contribution < -0.4 is 5.56 Å². The second-order valence-electron chi connectivity index (χ2n) is 6.96. The number of hydrogen-bond acceptors (Lipinski definition) is 1. The summed E-state index contributed by atoms with van der Waals surface area (Å²) in [7, 11) is 0. The van der Waals surface area contributed by atoms with E-state index in [-0.39, 0.29) is 5.56 Å². The molecule has 1 aromatic rings. The predicted molar refractivity (Wildman–Crippen MR) is 82.0 cm³/mol. The molecule has 1 heterocycles. The van der Waals surface area contributed by atoms with Crippen LogP contribution in [0.2, 0.25) is 0 Å². The van der Waals surface area contributed by atoms with Gasteiger partial charge in [0, 0.05) is 11.8 Å². The zero-order valence-electron chi connectivity index (χ0n) is 12.7. The molecule has 0 aromatic carbocycles. The van der Waals surface area contributed by atoms with Crippen LogP contribution in [-0.2, 0) is 6.42 Å². The zero-order chi connectivity index (χ0) is 13.9. The Balaban J connectivity index is 1.62. The SMILES string of the molecule is CC(C1CCCC1)n1[nH]c(CCC2CCCC2)cc1=O. The van der Waals surface area contributed by atoms with Crippen molar-refractivity contribution in [2.45, 2.75) is 77.2 Å². The number of nitrogens with one attached hydrogen (secondary N) is 1. The summed E-state index contributed by atoms with van der Waals surface area (Å²) in [5, 5.41) is 3.39. The van der Waals surface area contributed by atoms with Crippen LogP contribution in [0.5, 0.6) is 0 Å². The van der Waals surface area contributed by atoms with Crippen LogP contribution >= 0.6 is 0 Å². The second-order valence-corrected chi connectivity index (χ2v) is 6.96. The molecule has 112 valence electrons. The van der Waals surface area contributed by atoms with Crippen molar-refractivity contribution in [2.24, 2.45) is 11.8 Å². The summed E-state index contributed by atoms with van der Waals surface area (Å²) in [6.07, 6.45) is 13.1. The lowest BCUT2D eigenvalue weighted by Crippen LogP contribution is -2.24. The second kappa shape index (κ2) is 6.19. The van der Waals surface area contributed by atoms with Crippen LogP contribution in [0.1, 0.15) is 76.4 Å². The highest BCUT2D eigenvalue weighted by Gasteiger charge is 2.24. The minimum Gasteiger partial charge on any atom is -0.299 e. The molecule has 1 aromatic heterocycles. The van der Waals surface area contributed by atoms with Crippen molar-refractivity contribution in [2.75, 3.05) is 0 Å². The van der Waals surface area contributed by atoms with Gasteiger partial charge in [0.25, 0.3) is 5.56 Å². The third kappa shape index (κ3) is 3.02. The van der Waals surface area contributed by atoms with Gasteiger partial charge in [-0.05, 0) is 44.4 Å². The first kappa shape index (κ1) is 14.0. The molecule has 1 unspecified atom stereocenters. The molecule has 0 bridgehead atoms. The minimum atomic E-state index is 0.172. The van der Waals surface area contributed by atoms with Gasteiger partial charge in [0.05, 0.1) is 6.04 Å². The number of hydrogen-bond donors (Lipinski definition) is 1. The molecule has 2 aliphatic carbocycles. The van der Waals surface area contributed by atoms with Crippen LogP contribution in [-0.4, -0.2) is 9.78 Å². The van der Waals surface area contributed by atoms with Crippen LogP contribution in [0.25, 0.3) is 0 Å². The molecule has 2 saturated carbocycles. The minimum absolute atomic E-state index is 0.172. The Hall–Kier alpha value is -0.990. The molecule has 0 aliphatic heterocycles. The van der Waals surface area contributed by atoms with Crippen molar-refractivity contribution >= 4 is 0 Å². The maximum atomic E-state index is 12.2. The van der Waals surface area contributed by atoms with Gasteiger partial charge in [-0.15, -0.1) is 0 Å². The van der Waals surface area contributed by atoms with Gasteiger partial charge in [-0.1, -0.05) is 38.5 Å². The molecule has 3 heteroatoms. The van der Waals surface area contributed by atoms with E-state index in [9.17, 15) is 4.79 Å². The van der Waals surface area contributed by atoms with Crippen LogP contribution in [0.4, 0.5) is 0 Å². The highest BCUT2D eigenvalue weighted by Crippen LogP contribution is 2.33. The maximum Gasteiger partial charge on any atom is 0.266 e. The molecule has 0 radical (unpaired) electrons. The van der Waals surface area contributed by atoms with Crippen molar-refractivity contribution in [1.29, 1.82) is 0 Å². The normalized spacial score (nSPS) is 22.6. The fourth-order valence-corrected chi connectivity index (χ4v) is 4.20. The molecule has 0 spiro atoms. The number of nitrogens with zero attached hydrogens (tertiary/aromatic N) is 1. The van der Waals surface area contributed by atoms with E-state index < -0.39 is 0 Å². The first-order valence-electron chi connectivity index (χ1n) is 8.54. The standard InChI is InChI=1S/C17H28N2O/c1-13(15-8-4-5-9-15)19-17(20)12-16(18-19)11-10-14-6-2-3-7-14/h12-15,18H,2-11H2,1H3. The number of aromatic nitrogens is 2. The number of rotatable bonds is 5. The van der Waals surface area contributed by atoms with Gasteiger partial charge in [-0.25, -0.2) is 4.68 Å². The fourth-order valence-electron chi connectivity index (χ4n) is 4.20. The first-order chi connectivity index (χ1) is 9.74. The van der Waals surface area contributed by atoms with Gasteiger partial charge in [-0.3, -0.25) is 9.89 Å². The average molecular weight is 276 g/mol. The average Bonchev–Trinajstić information content (AvgIpc) is 3.18. The van der Waals surface area contributed by atoms with Gasteiger partial charge >= 0.3 is 0 Å². The van der Waals surface area contributed by atoms with E-state index in [0.29, 0.717) is 12.0 Å². The predicted octanol–water partition coefficient (Wildman–Crippen LogP) is 4.05. The van der Waals surface area contributed by atoms with Gasteiger partial charge in [0.1, 0.15) is 0 Å². The largest absolute Gasteiger partial charge is 0.299 e.